The molecule has 7 atom stereocenters. The highest BCUT2D eigenvalue weighted by molar-refractivity contribution is 7.91. The van der Waals surface area contributed by atoms with Gasteiger partial charge in [-0.1, -0.05) is 26.0 Å². The van der Waals surface area contributed by atoms with E-state index in [1.54, 1.807) is 40.9 Å². The van der Waals surface area contributed by atoms with Crippen LogP contribution < -0.4 is 34.3 Å². The molecule has 0 unspecified atom stereocenters. The minimum Gasteiger partial charge on any atom is -0.497 e. The number of benzene rings is 2. The zero-order valence-electron chi connectivity index (χ0n) is 37.5. The molecule has 2 saturated carbocycles. The first-order valence-electron chi connectivity index (χ1n) is 22.2. The Morgan fingerprint density at radius 1 is 1.00 bits per heavy atom. The summed E-state index contributed by atoms with van der Waals surface area (Å²) in [5, 5.41) is 7.19. The molecule has 3 N–H and O–H groups in total. The van der Waals surface area contributed by atoms with E-state index in [1.165, 1.54) is 4.90 Å². The monoisotopic (exact) mass is 901 g/mol. The summed E-state index contributed by atoms with van der Waals surface area (Å²) in [7, 11) is -2.46. The van der Waals surface area contributed by atoms with E-state index in [-0.39, 0.29) is 37.1 Å². The van der Waals surface area contributed by atoms with Gasteiger partial charge in [-0.05, 0) is 126 Å². The van der Waals surface area contributed by atoms with E-state index < -0.39 is 73.8 Å². The van der Waals surface area contributed by atoms with Crippen LogP contribution in [0.2, 0.25) is 0 Å². The number of pyridine rings is 1. The number of allylic oxidation sites excluding steroid dienone is 1. The van der Waals surface area contributed by atoms with Gasteiger partial charge in [0, 0.05) is 23.3 Å². The normalized spacial score (nSPS) is 28.3. The second kappa shape index (κ2) is 17.1. The second-order valence-corrected chi connectivity index (χ2v) is 21.5. The van der Waals surface area contributed by atoms with Gasteiger partial charge in [-0.25, -0.2) is 18.2 Å². The molecule has 2 aliphatic carbocycles. The molecule has 1 aromatic heterocycles. The largest absolute Gasteiger partial charge is 0.497 e. The molecular weight excluding hydrogens is 843 g/mol. The van der Waals surface area contributed by atoms with Crippen LogP contribution in [-0.2, 0) is 29.1 Å². The molecule has 344 valence electrons. The van der Waals surface area contributed by atoms with Crippen LogP contribution in [0.25, 0.3) is 22.0 Å². The predicted octanol–water partition coefficient (Wildman–Crippen LogP) is 5.81. The van der Waals surface area contributed by atoms with Gasteiger partial charge in [0.05, 0.1) is 24.1 Å². The molecular formula is C47H59N5O11S. The molecule has 0 bridgehead atoms. The smallest absolute Gasteiger partial charge is 0.408 e. The SMILES string of the molecule is COc1ccc2c(O[C@@H]3C[C@H]4C(=O)N[C@]5(C(=O)NS(=O)(=O)C6(C)CC6)C[C@H]5/C=C\CC[C@@H](C)C[C@@H](C)[C@H](NC(=O)OC(C)(C)C)C(=O)N4C3)nc(-c3ccc4c(c3)OCCO4)cc2c1. The van der Waals surface area contributed by atoms with E-state index in [2.05, 4.69) is 22.3 Å². The van der Waals surface area contributed by atoms with E-state index >= 15 is 4.79 Å². The molecule has 2 aromatic carbocycles. The summed E-state index contributed by atoms with van der Waals surface area (Å²) >= 11 is 0. The quantitative estimate of drug-likeness (QED) is 0.230. The van der Waals surface area contributed by atoms with Crippen LogP contribution in [0.3, 0.4) is 0 Å². The lowest BCUT2D eigenvalue weighted by molar-refractivity contribution is -0.142. The highest BCUT2D eigenvalue weighted by atomic mass is 32.2. The summed E-state index contributed by atoms with van der Waals surface area (Å²) in [6, 6.07) is 10.7. The van der Waals surface area contributed by atoms with Crippen LogP contribution >= 0.6 is 0 Å². The van der Waals surface area contributed by atoms with E-state index in [0.29, 0.717) is 67.2 Å². The first-order valence-corrected chi connectivity index (χ1v) is 23.7. The van der Waals surface area contributed by atoms with Crippen LogP contribution in [0.1, 0.15) is 86.5 Å². The van der Waals surface area contributed by atoms with Crippen LogP contribution in [-0.4, -0.2) is 103 Å². The molecule has 0 spiro atoms. The summed E-state index contributed by atoms with van der Waals surface area (Å²) in [4.78, 5) is 63.8. The van der Waals surface area contributed by atoms with Crippen LogP contribution in [0.4, 0.5) is 4.79 Å². The summed E-state index contributed by atoms with van der Waals surface area (Å²) in [6.07, 6.45) is 5.25. The van der Waals surface area contributed by atoms with Crippen molar-refractivity contribution in [3.05, 3.63) is 54.6 Å². The van der Waals surface area contributed by atoms with Crippen molar-refractivity contribution in [2.75, 3.05) is 26.9 Å². The average Bonchev–Trinajstić information content (AvgIpc) is 4.13. The number of nitrogens with one attached hydrogen (secondary N) is 3. The summed E-state index contributed by atoms with van der Waals surface area (Å²) < 4.78 is 57.5. The van der Waals surface area contributed by atoms with E-state index in [0.717, 1.165) is 17.4 Å². The number of aromatic nitrogens is 1. The van der Waals surface area contributed by atoms with Crippen molar-refractivity contribution in [3.63, 3.8) is 0 Å². The van der Waals surface area contributed by atoms with E-state index in [9.17, 15) is 22.8 Å². The standard InChI is InChI=1S/C47H59N5O11S/c1-27-10-8-9-11-31-25-47(31,43(55)51-64(57,58)46(6)16-17-46)50-40(53)36-24-33(26-52(36)42(54)39(28(2)20-27)49-44(56)63-45(3,4)5)62-41-34-14-13-32(59-7)21-30(34)22-35(48-41)29-12-15-37-38(23-29)61-19-18-60-37/h9,11-15,21-23,27-28,31,33,36,39H,8,10,16-20,24-26H2,1-7H3,(H,49,56)(H,50,53)(H,51,55)/b11-9-/t27-,28-,31-,33-,36+,39+,47-/m1/s1. The molecule has 3 aliphatic heterocycles. The first-order chi connectivity index (χ1) is 30.3. The van der Waals surface area contributed by atoms with E-state index in [4.69, 9.17) is 28.7 Å². The number of hydrogen-bond acceptors (Lipinski definition) is 12. The molecule has 5 aliphatic rings. The number of alkyl carbamates (subject to hydrolysis) is 1. The lowest BCUT2D eigenvalue weighted by Crippen LogP contribution is -2.59. The minimum atomic E-state index is -4.04. The van der Waals surface area contributed by atoms with Gasteiger partial charge < -0.3 is 39.2 Å². The predicted molar refractivity (Wildman–Crippen MR) is 237 cm³/mol. The zero-order valence-corrected chi connectivity index (χ0v) is 38.3. The number of rotatable bonds is 8. The Labute approximate surface area is 374 Å². The number of methoxy groups -OCH3 is 1. The van der Waals surface area contributed by atoms with Crippen molar-refractivity contribution < 1.29 is 51.3 Å². The molecule has 4 heterocycles. The fraction of sp³-hybridized carbons (Fsp3) is 0.553. The Morgan fingerprint density at radius 3 is 2.47 bits per heavy atom. The molecule has 3 fully saturated rings. The number of amides is 4. The van der Waals surface area contributed by atoms with Gasteiger partial charge in [-0.15, -0.1) is 0 Å². The van der Waals surface area contributed by atoms with Gasteiger partial charge >= 0.3 is 6.09 Å². The molecule has 8 rings (SSSR count). The summed E-state index contributed by atoms with van der Waals surface area (Å²) in [5.41, 5.74) is -1.11. The molecule has 17 heteroatoms. The molecule has 3 aromatic rings. The lowest BCUT2D eigenvalue weighted by atomic mass is 9.88. The molecule has 4 amide bonds. The Balaban J connectivity index is 1.16. The highest BCUT2D eigenvalue weighted by Crippen LogP contribution is 2.48. The van der Waals surface area contributed by atoms with Gasteiger partial charge in [-0.3, -0.25) is 19.1 Å². The molecule has 1 saturated heterocycles. The molecule has 64 heavy (non-hydrogen) atoms. The number of carbonyl (C=O) groups is 4. The fourth-order valence-corrected chi connectivity index (χ4v) is 10.3. The lowest BCUT2D eigenvalue weighted by Gasteiger charge is -2.33. The highest BCUT2D eigenvalue weighted by Gasteiger charge is 2.63. The van der Waals surface area contributed by atoms with Crippen LogP contribution in [0.5, 0.6) is 23.1 Å². The number of nitrogens with zero attached hydrogens (tertiary/aromatic N) is 2. The number of ether oxygens (including phenoxy) is 5. The van der Waals surface area contributed by atoms with Crippen molar-refractivity contribution in [1.82, 2.24) is 25.2 Å². The van der Waals surface area contributed by atoms with Gasteiger partial charge in [0.1, 0.15) is 48.3 Å². The maximum atomic E-state index is 15.1. The van der Waals surface area contributed by atoms with Crippen molar-refractivity contribution in [1.29, 1.82) is 0 Å². The number of carbonyl (C=O) groups excluding carboxylic acids is 4. The van der Waals surface area contributed by atoms with Crippen molar-refractivity contribution in [3.8, 4) is 34.4 Å². The van der Waals surface area contributed by atoms with Crippen LogP contribution in [0.15, 0.2) is 54.6 Å². The Morgan fingerprint density at radius 2 is 1.75 bits per heavy atom. The Hall–Kier alpha value is -5.58. The second-order valence-electron chi connectivity index (χ2n) is 19.3. The number of fused-ring (bicyclic) bond motifs is 4. The summed E-state index contributed by atoms with van der Waals surface area (Å²) in [6.45, 7) is 11.5. The number of sulfonamides is 1. The van der Waals surface area contributed by atoms with E-state index in [1.807, 2.05) is 55.5 Å². The third-order valence-electron chi connectivity index (χ3n) is 13.0. The maximum Gasteiger partial charge on any atom is 0.408 e. The topological polar surface area (TPSA) is 201 Å². The zero-order chi connectivity index (χ0) is 45.8. The van der Waals surface area contributed by atoms with Gasteiger partial charge in [0.25, 0.3) is 5.91 Å². The molecule has 0 radical (unpaired) electrons. The Kier molecular flexibility index (Phi) is 12.0. The maximum absolute atomic E-state index is 15.1. The minimum absolute atomic E-state index is 0.0102. The fourth-order valence-electron chi connectivity index (χ4n) is 8.96. The Bertz CT molecular complexity index is 2480. The van der Waals surface area contributed by atoms with Gasteiger partial charge in [0.2, 0.25) is 27.7 Å². The van der Waals surface area contributed by atoms with Gasteiger partial charge in [0.15, 0.2) is 11.5 Å². The number of hydrogen-bond donors (Lipinski definition) is 3. The van der Waals surface area contributed by atoms with Crippen molar-refractivity contribution in [2.24, 2.45) is 17.8 Å². The first kappa shape index (κ1) is 45.0. The third-order valence-corrected chi connectivity index (χ3v) is 15.2. The van der Waals surface area contributed by atoms with Crippen LogP contribution in [0, 0.1) is 17.8 Å². The molecule has 16 nitrogen and oxygen atoms in total. The van der Waals surface area contributed by atoms with Gasteiger partial charge in [-0.2, -0.15) is 0 Å². The van der Waals surface area contributed by atoms with Crippen molar-refractivity contribution >= 4 is 44.6 Å². The third kappa shape index (κ3) is 9.31. The average molecular weight is 902 g/mol. The summed E-state index contributed by atoms with van der Waals surface area (Å²) in [5.74, 6) is -0.646. The van der Waals surface area contributed by atoms with Crippen molar-refractivity contribution in [2.45, 2.75) is 121 Å².